The number of rotatable bonds is 4. The summed E-state index contributed by atoms with van der Waals surface area (Å²) in [5.74, 6) is 0.433. The van der Waals surface area contributed by atoms with Gasteiger partial charge in [0.05, 0.1) is 24.3 Å². The molecule has 0 N–H and O–H groups in total. The van der Waals surface area contributed by atoms with Crippen LogP contribution >= 0.6 is 0 Å². The standard InChI is InChI=1S/C17H15FN4O2/c1-23-12-9-13(14(18)20-10-12)15-21-16(22-24-15)17(5-2-6-17)11-3-7-19-8-4-11/h3-4,7-10H,2,5-6H2,1H3. The molecular formula is C17H15FN4O2. The summed E-state index contributed by atoms with van der Waals surface area (Å²) in [6, 6.07) is 5.42. The molecule has 0 radical (unpaired) electrons. The van der Waals surface area contributed by atoms with Crippen molar-refractivity contribution in [1.82, 2.24) is 20.1 Å². The maximum absolute atomic E-state index is 14.0. The fraction of sp³-hybridized carbons (Fsp3) is 0.294. The van der Waals surface area contributed by atoms with E-state index >= 15 is 0 Å². The zero-order valence-electron chi connectivity index (χ0n) is 13.1. The van der Waals surface area contributed by atoms with Gasteiger partial charge in [-0.3, -0.25) is 4.98 Å². The van der Waals surface area contributed by atoms with Crippen LogP contribution in [-0.2, 0) is 5.41 Å². The van der Waals surface area contributed by atoms with Crippen molar-refractivity contribution >= 4 is 0 Å². The Bertz CT molecular complexity index is 862. The summed E-state index contributed by atoms with van der Waals surface area (Å²) in [6.45, 7) is 0. The largest absolute Gasteiger partial charge is 0.495 e. The highest BCUT2D eigenvalue weighted by Crippen LogP contribution is 2.48. The minimum atomic E-state index is -0.669. The van der Waals surface area contributed by atoms with Crippen molar-refractivity contribution in [1.29, 1.82) is 0 Å². The number of methoxy groups -OCH3 is 1. The monoisotopic (exact) mass is 326 g/mol. The zero-order valence-corrected chi connectivity index (χ0v) is 13.1. The lowest BCUT2D eigenvalue weighted by Gasteiger charge is -2.39. The molecule has 4 rings (SSSR count). The fourth-order valence-electron chi connectivity index (χ4n) is 3.06. The number of nitrogens with zero attached hydrogens (tertiary/aromatic N) is 4. The number of hydrogen-bond acceptors (Lipinski definition) is 6. The van der Waals surface area contributed by atoms with E-state index in [1.54, 1.807) is 12.4 Å². The molecule has 0 bridgehead atoms. The van der Waals surface area contributed by atoms with Crippen molar-refractivity contribution in [2.24, 2.45) is 0 Å². The van der Waals surface area contributed by atoms with Gasteiger partial charge in [-0.2, -0.15) is 9.37 Å². The summed E-state index contributed by atoms with van der Waals surface area (Å²) >= 11 is 0. The first-order chi connectivity index (χ1) is 11.7. The molecule has 24 heavy (non-hydrogen) atoms. The molecule has 3 aromatic heterocycles. The second kappa shape index (κ2) is 5.67. The molecule has 0 atom stereocenters. The van der Waals surface area contributed by atoms with Crippen molar-refractivity contribution in [2.45, 2.75) is 24.7 Å². The van der Waals surface area contributed by atoms with Crippen LogP contribution in [0.3, 0.4) is 0 Å². The van der Waals surface area contributed by atoms with Crippen LogP contribution in [-0.4, -0.2) is 27.2 Å². The van der Waals surface area contributed by atoms with E-state index in [0.29, 0.717) is 11.6 Å². The van der Waals surface area contributed by atoms with Crippen molar-refractivity contribution < 1.29 is 13.7 Å². The van der Waals surface area contributed by atoms with Crippen molar-refractivity contribution in [3.63, 3.8) is 0 Å². The van der Waals surface area contributed by atoms with Crippen molar-refractivity contribution in [3.8, 4) is 17.2 Å². The third-order valence-electron chi connectivity index (χ3n) is 4.57. The average molecular weight is 326 g/mol. The van der Waals surface area contributed by atoms with Crippen molar-refractivity contribution in [3.05, 3.63) is 54.1 Å². The Balaban J connectivity index is 1.75. The summed E-state index contributed by atoms with van der Waals surface area (Å²) in [5.41, 5.74) is 0.950. The first kappa shape index (κ1) is 14.7. The van der Waals surface area contributed by atoms with Crippen LogP contribution in [0.1, 0.15) is 30.7 Å². The van der Waals surface area contributed by atoms with E-state index in [0.717, 1.165) is 24.8 Å². The van der Waals surface area contributed by atoms with E-state index < -0.39 is 5.95 Å². The van der Waals surface area contributed by atoms with E-state index in [1.807, 2.05) is 12.1 Å². The molecule has 1 aliphatic rings. The third kappa shape index (κ3) is 2.24. The molecule has 0 unspecified atom stereocenters. The average Bonchev–Trinajstić information content (AvgIpc) is 3.05. The number of halogens is 1. The molecule has 0 spiro atoms. The molecule has 122 valence electrons. The third-order valence-corrected chi connectivity index (χ3v) is 4.57. The minimum absolute atomic E-state index is 0.106. The molecule has 0 aromatic carbocycles. The second-order valence-electron chi connectivity index (χ2n) is 5.81. The van der Waals surface area contributed by atoms with Crippen LogP contribution in [0.5, 0.6) is 5.75 Å². The molecule has 0 amide bonds. The predicted octanol–water partition coefficient (Wildman–Crippen LogP) is 3.14. The van der Waals surface area contributed by atoms with Crippen LogP contribution < -0.4 is 4.74 Å². The maximum atomic E-state index is 14.0. The second-order valence-corrected chi connectivity index (χ2v) is 5.81. The highest BCUT2D eigenvalue weighted by atomic mass is 19.1. The Morgan fingerprint density at radius 1 is 1.25 bits per heavy atom. The van der Waals surface area contributed by atoms with Crippen LogP contribution in [0.2, 0.25) is 0 Å². The van der Waals surface area contributed by atoms with Crippen molar-refractivity contribution in [2.75, 3.05) is 7.11 Å². The molecule has 0 saturated heterocycles. The maximum Gasteiger partial charge on any atom is 0.262 e. The number of hydrogen-bond donors (Lipinski definition) is 0. The SMILES string of the molecule is COc1cnc(F)c(-c2nc(C3(c4ccncc4)CCC3)no2)c1. The fourth-order valence-corrected chi connectivity index (χ4v) is 3.06. The summed E-state index contributed by atoms with van der Waals surface area (Å²) in [7, 11) is 1.49. The molecule has 6 nitrogen and oxygen atoms in total. The Morgan fingerprint density at radius 2 is 2.04 bits per heavy atom. The van der Waals surface area contributed by atoms with Gasteiger partial charge >= 0.3 is 0 Å². The summed E-state index contributed by atoms with van der Waals surface area (Å²) < 4.78 is 24.4. The minimum Gasteiger partial charge on any atom is -0.495 e. The number of aromatic nitrogens is 4. The summed E-state index contributed by atoms with van der Waals surface area (Å²) in [4.78, 5) is 12.2. The van der Waals surface area contributed by atoms with Gasteiger partial charge in [0.15, 0.2) is 5.82 Å². The van der Waals surface area contributed by atoms with E-state index in [9.17, 15) is 4.39 Å². The van der Waals surface area contributed by atoms with Gasteiger partial charge in [-0.15, -0.1) is 0 Å². The molecule has 3 aromatic rings. The molecule has 1 fully saturated rings. The quantitative estimate of drug-likeness (QED) is 0.686. The van der Waals surface area contributed by atoms with Gasteiger partial charge in [0.2, 0.25) is 5.95 Å². The van der Waals surface area contributed by atoms with Crippen LogP contribution in [0.15, 0.2) is 41.3 Å². The topological polar surface area (TPSA) is 73.9 Å². The van der Waals surface area contributed by atoms with Crippen LogP contribution in [0.25, 0.3) is 11.5 Å². The smallest absolute Gasteiger partial charge is 0.262 e. The number of ether oxygens (including phenoxy) is 1. The van der Waals surface area contributed by atoms with Crippen LogP contribution in [0, 0.1) is 5.95 Å². The highest BCUT2D eigenvalue weighted by molar-refractivity contribution is 5.55. The first-order valence-corrected chi connectivity index (χ1v) is 7.67. The zero-order chi connectivity index (χ0) is 16.6. The molecule has 1 saturated carbocycles. The molecular weight excluding hydrogens is 311 g/mol. The first-order valence-electron chi connectivity index (χ1n) is 7.67. The summed E-state index contributed by atoms with van der Waals surface area (Å²) in [5, 5.41) is 4.12. The van der Waals surface area contributed by atoms with Gasteiger partial charge in [-0.1, -0.05) is 11.6 Å². The summed E-state index contributed by atoms with van der Waals surface area (Å²) in [6.07, 6.45) is 7.75. The van der Waals surface area contributed by atoms with Gasteiger partial charge < -0.3 is 9.26 Å². The van der Waals surface area contributed by atoms with Gasteiger partial charge in [0, 0.05) is 12.4 Å². The number of pyridine rings is 2. The van der Waals surface area contributed by atoms with E-state index in [1.165, 1.54) is 19.4 Å². The van der Waals surface area contributed by atoms with Gasteiger partial charge in [-0.25, -0.2) is 4.98 Å². The van der Waals surface area contributed by atoms with Gasteiger partial charge in [0.1, 0.15) is 5.75 Å². The van der Waals surface area contributed by atoms with E-state index in [2.05, 4.69) is 20.1 Å². The van der Waals surface area contributed by atoms with E-state index in [4.69, 9.17) is 9.26 Å². The highest BCUT2D eigenvalue weighted by Gasteiger charge is 2.44. The van der Waals surface area contributed by atoms with Crippen LogP contribution in [0.4, 0.5) is 4.39 Å². The lowest BCUT2D eigenvalue weighted by molar-refractivity contribution is 0.272. The lowest BCUT2D eigenvalue weighted by Crippen LogP contribution is -2.36. The predicted molar refractivity (Wildman–Crippen MR) is 82.9 cm³/mol. The Morgan fingerprint density at radius 3 is 2.71 bits per heavy atom. The van der Waals surface area contributed by atoms with Gasteiger partial charge in [-0.05, 0) is 36.6 Å². The lowest BCUT2D eigenvalue weighted by atomic mass is 9.64. The molecule has 3 heterocycles. The molecule has 0 aliphatic heterocycles. The molecule has 7 heteroatoms. The molecule has 1 aliphatic carbocycles. The van der Waals surface area contributed by atoms with Gasteiger partial charge in [0.25, 0.3) is 5.89 Å². The Kier molecular flexibility index (Phi) is 3.48. The normalized spacial score (nSPS) is 15.8. The Hall–Kier alpha value is -2.83. The van der Waals surface area contributed by atoms with E-state index in [-0.39, 0.29) is 16.9 Å². The Labute approximate surface area is 137 Å².